The first kappa shape index (κ1) is 16.0. The van der Waals surface area contributed by atoms with E-state index in [-0.39, 0.29) is 22.7 Å². The normalized spacial score (nSPS) is 12.5. The SMILES string of the molecule is CC(Nc1cnn(C(C)C)c(=O)c1Cl)c1cccc(Br)c1. The second-order valence-electron chi connectivity index (χ2n) is 5.14. The van der Waals surface area contributed by atoms with Crippen molar-refractivity contribution >= 4 is 33.2 Å². The number of halogens is 2. The highest BCUT2D eigenvalue weighted by Crippen LogP contribution is 2.24. The zero-order valence-corrected chi connectivity index (χ0v) is 14.4. The molecule has 0 aliphatic carbocycles. The Morgan fingerprint density at radius 1 is 1.33 bits per heavy atom. The summed E-state index contributed by atoms with van der Waals surface area (Å²) in [6, 6.07) is 7.96. The maximum atomic E-state index is 12.1. The minimum absolute atomic E-state index is 0.0103. The quantitative estimate of drug-likeness (QED) is 0.867. The van der Waals surface area contributed by atoms with Crippen molar-refractivity contribution in [1.82, 2.24) is 9.78 Å². The highest BCUT2D eigenvalue weighted by atomic mass is 79.9. The van der Waals surface area contributed by atoms with Crippen LogP contribution in [0.2, 0.25) is 5.02 Å². The molecule has 0 amide bonds. The number of rotatable bonds is 4. The minimum Gasteiger partial charge on any atom is -0.376 e. The fraction of sp³-hybridized carbons (Fsp3) is 0.333. The van der Waals surface area contributed by atoms with Crippen molar-refractivity contribution in [1.29, 1.82) is 0 Å². The second kappa shape index (κ2) is 6.62. The average Bonchev–Trinajstić information content (AvgIpc) is 2.43. The van der Waals surface area contributed by atoms with Crippen LogP contribution in [-0.4, -0.2) is 9.78 Å². The molecule has 0 radical (unpaired) electrons. The Labute approximate surface area is 137 Å². The molecule has 1 atom stereocenters. The van der Waals surface area contributed by atoms with Crippen LogP contribution in [0, 0.1) is 0 Å². The molecule has 2 rings (SSSR count). The van der Waals surface area contributed by atoms with E-state index in [0.717, 1.165) is 10.0 Å². The number of anilines is 1. The molecule has 0 bridgehead atoms. The minimum atomic E-state index is -0.280. The van der Waals surface area contributed by atoms with Crippen molar-refractivity contribution < 1.29 is 0 Å². The number of nitrogens with zero attached hydrogens (tertiary/aromatic N) is 2. The van der Waals surface area contributed by atoms with Gasteiger partial charge in [-0.3, -0.25) is 4.79 Å². The molecule has 1 aromatic carbocycles. The van der Waals surface area contributed by atoms with E-state index < -0.39 is 0 Å². The summed E-state index contributed by atoms with van der Waals surface area (Å²) in [6.07, 6.45) is 1.60. The smallest absolute Gasteiger partial charge is 0.287 e. The van der Waals surface area contributed by atoms with Crippen LogP contribution in [0.5, 0.6) is 0 Å². The van der Waals surface area contributed by atoms with E-state index in [1.807, 2.05) is 45.0 Å². The van der Waals surface area contributed by atoms with Crippen molar-refractivity contribution in [2.75, 3.05) is 5.32 Å². The third-order valence-corrected chi connectivity index (χ3v) is 4.01. The molecule has 6 heteroatoms. The fourth-order valence-corrected chi connectivity index (χ4v) is 2.61. The highest BCUT2D eigenvalue weighted by Gasteiger charge is 2.14. The number of benzene rings is 1. The summed E-state index contributed by atoms with van der Waals surface area (Å²) < 4.78 is 2.38. The lowest BCUT2D eigenvalue weighted by Crippen LogP contribution is -2.26. The molecule has 2 aromatic rings. The molecule has 4 nitrogen and oxygen atoms in total. The summed E-state index contributed by atoms with van der Waals surface area (Å²) in [4.78, 5) is 12.1. The van der Waals surface area contributed by atoms with E-state index in [1.165, 1.54) is 4.68 Å². The summed E-state index contributed by atoms with van der Waals surface area (Å²) >= 11 is 9.61. The largest absolute Gasteiger partial charge is 0.376 e. The summed E-state index contributed by atoms with van der Waals surface area (Å²) in [6.45, 7) is 5.79. The molecule has 1 unspecified atom stereocenters. The zero-order chi connectivity index (χ0) is 15.6. The molecule has 0 aliphatic rings. The van der Waals surface area contributed by atoms with Gasteiger partial charge in [-0.15, -0.1) is 0 Å². The molecular weight excluding hydrogens is 354 g/mol. The van der Waals surface area contributed by atoms with Crippen molar-refractivity contribution in [2.45, 2.75) is 32.9 Å². The molecule has 21 heavy (non-hydrogen) atoms. The summed E-state index contributed by atoms with van der Waals surface area (Å²) in [5.41, 5.74) is 1.36. The zero-order valence-electron chi connectivity index (χ0n) is 12.1. The van der Waals surface area contributed by atoms with Gasteiger partial charge in [0, 0.05) is 10.5 Å². The van der Waals surface area contributed by atoms with Crippen LogP contribution >= 0.6 is 27.5 Å². The monoisotopic (exact) mass is 369 g/mol. The van der Waals surface area contributed by atoms with Gasteiger partial charge < -0.3 is 5.32 Å². The predicted octanol–water partition coefficient (Wildman–Crippen LogP) is 4.41. The molecule has 0 saturated heterocycles. The van der Waals surface area contributed by atoms with Gasteiger partial charge >= 0.3 is 0 Å². The van der Waals surface area contributed by atoms with Crippen LogP contribution < -0.4 is 10.9 Å². The Morgan fingerprint density at radius 2 is 2.05 bits per heavy atom. The lowest BCUT2D eigenvalue weighted by Gasteiger charge is -2.17. The first-order valence-electron chi connectivity index (χ1n) is 6.69. The third kappa shape index (κ3) is 3.66. The summed E-state index contributed by atoms with van der Waals surface area (Å²) in [7, 11) is 0. The maximum absolute atomic E-state index is 12.1. The van der Waals surface area contributed by atoms with Gasteiger partial charge in [0.05, 0.1) is 17.9 Å². The van der Waals surface area contributed by atoms with Gasteiger partial charge in [-0.25, -0.2) is 4.68 Å². The van der Waals surface area contributed by atoms with Crippen LogP contribution in [0.15, 0.2) is 39.7 Å². The molecule has 0 spiro atoms. The fourth-order valence-electron chi connectivity index (χ4n) is 2.01. The third-order valence-electron chi connectivity index (χ3n) is 3.15. The van der Waals surface area contributed by atoms with Crippen LogP contribution in [0.4, 0.5) is 5.69 Å². The van der Waals surface area contributed by atoms with E-state index in [9.17, 15) is 4.79 Å². The lowest BCUT2D eigenvalue weighted by atomic mass is 10.1. The topological polar surface area (TPSA) is 46.9 Å². The Hall–Kier alpha value is -1.33. The van der Waals surface area contributed by atoms with Crippen molar-refractivity contribution in [3.05, 3.63) is 55.9 Å². The van der Waals surface area contributed by atoms with E-state index in [1.54, 1.807) is 6.20 Å². The second-order valence-corrected chi connectivity index (χ2v) is 6.43. The van der Waals surface area contributed by atoms with E-state index in [2.05, 4.69) is 26.3 Å². The number of hydrogen-bond donors (Lipinski definition) is 1. The molecule has 1 N–H and O–H groups in total. The highest BCUT2D eigenvalue weighted by molar-refractivity contribution is 9.10. The summed E-state index contributed by atoms with van der Waals surface area (Å²) in [5, 5.41) is 7.55. The van der Waals surface area contributed by atoms with Gasteiger partial charge in [-0.1, -0.05) is 39.7 Å². The molecule has 1 heterocycles. The van der Waals surface area contributed by atoms with E-state index >= 15 is 0 Å². The number of nitrogens with one attached hydrogen (secondary N) is 1. The van der Waals surface area contributed by atoms with Gasteiger partial charge in [-0.05, 0) is 38.5 Å². The Bertz CT molecular complexity index is 700. The Balaban J connectivity index is 2.28. The van der Waals surface area contributed by atoms with Gasteiger partial charge in [0.15, 0.2) is 0 Å². The van der Waals surface area contributed by atoms with Crippen LogP contribution in [0.1, 0.15) is 38.4 Å². The maximum Gasteiger partial charge on any atom is 0.287 e. The van der Waals surface area contributed by atoms with Gasteiger partial charge in [0.2, 0.25) is 0 Å². The van der Waals surface area contributed by atoms with Gasteiger partial charge in [0.1, 0.15) is 5.02 Å². The molecule has 0 aliphatic heterocycles. The first-order valence-corrected chi connectivity index (χ1v) is 7.86. The van der Waals surface area contributed by atoms with E-state index in [4.69, 9.17) is 11.6 Å². The predicted molar refractivity (Wildman–Crippen MR) is 90.1 cm³/mol. The number of aromatic nitrogens is 2. The summed E-state index contributed by atoms with van der Waals surface area (Å²) in [5.74, 6) is 0. The molecule has 112 valence electrons. The average molecular weight is 371 g/mol. The van der Waals surface area contributed by atoms with Crippen LogP contribution in [-0.2, 0) is 0 Å². The van der Waals surface area contributed by atoms with Crippen molar-refractivity contribution in [2.24, 2.45) is 0 Å². The standard InChI is InChI=1S/C15H17BrClN3O/c1-9(2)20-15(21)14(17)13(8-18-20)19-10(3)11-5-4-6-12(16)7-11/h4-10,19H,1-3H3. The van der Waals surface area contributed by atoms with E-state index in [0.29, 0.717) is 5.69 Å². The van der Waals surface area contributed by atoms with Crippen LogP contribution in [0.3, 0.4) is 0 Å². The van der Waals surface area contributed by atoms with Crippen molar-refractivity contribution in [3.63, 3.8) is 0 Å². The Kier molecular flexibility index (Phi) is 5.06. The molecular formula is C15H17BrClN3O. The van der Waals surface area contributed by atoms with Crippen molar-refractivity contribution in [3.8, 4) is 0 Å². The van der Waals surface area contributed by atoms with Gasteiger partial charge in [-0.2, -0.15) is 5.10 Å². The Morgan fingerprint density at radius 3 is 2.67 bits per heavy atom. The number of hydrogen-bond acceptors (Lipinski definition) is 3. The van der Waals surface area contributed by atoms with Crippen LogP contribution in [0.25, 0.3) is 0 Å². The first-order chi connectivity index (χ1) is 9.90. The lowest BCUT2D eigenvalue weighted by molar-refractivity contribution is 0.503. The van der Waals surface area contributed by atoms with Gasteiger partial charge in [0.25, 0.3) is 5.56 Å². The molecule has 0 fully saturated rings. The molecule has 0 saturated carbocycles. The molecule has 1 aromatic heterocycles.